The van der Waals surface area contributed by atoms with Gasteiger partial charge in [-0.2, -0.15) is 4.98 Å². The molecule has 1 aliphatic rings. The van der Waals surface area contributed by atoms with Gasteiger partial charge in [-0.05, 0) is 31.0 Å². The minimum Gasteiger partial charge on any atom is -0.506 e. The minimum absolute atomic E-state index is 0.0151. The number of aromatic hydroxyl groups is 1. The summed E-state index contributed by atoms with van der Waals surface area (Å²) in [7, 11) is 0. The molecule has 128 valence electrons. The van der Waals surface area contributed by atoms with Crippen molar-refractivity contribution in [3.63, 3.8) is 0 Å². The molecular formula is C16H18Cl2N4O2. The van der Waals surface area contributed by atoms with E-state index in [0.717, 1.165) is 24.2 Å². The normalized spacial score (nSPS) is 18.5. The van der Waals surface area contributed by atoms with E-state index in [9.17, 15) is 5.11 Å². The zero-order valence-electron chi connectivity index (χ0n) is 13.2. The summed E-state index contributed by atoms with van der Waals surface area (Å²) in [6.07, 6.45) is 0.844. The Morgan fingerprint density at radius 2 is 2.04 bits per heavy atom. The molecule has 0 saturated carbocycles. The molecule has 1 aromatic carbocycles. The summed E-state index contributed by atoms with van der Waals surface area (Å²) in [5, 5.41) is 10.7. The second-order valence-electron chi connectivity index (χ2n) is 5.69. The number of nitrogen functional groups attached to an aromatic ring is 1. The molecule has 0 radical (unpaired) electrons. The summed E-state index contributed by atoms with van der Waals surface area (Å²) < 4.78 is 5.71. The fourth-order valence-electron chi connectivity index (χ4n) is 2.84. The van der Waals surface area contributed by atoms with Gasteiger partial charge in [0.15, 0.2) is 0 Å². The largest absolute Gasteiger partial charge is 0.506 e. The molecule has 3 rings (SSSR count). The molecule has 1 fully saturated rings. The molecule has 24 heavy (non-hydrogen) atoms. The maximum Gasteiger partial charge on any atom is 0.222 e. The first kappa shape index (κ1) is 17.1. The van der Waals surface area contributed by atoms with Gasteiger partial charge in [-0.25, -0.2) is 4.98 Å². The fourth-order valence-corrected chi connectivity index (χ4v) is 3.35. The van der Waals surface area contributed by atoms with Crippen molar-refractivity contribution < 1.29 is 9.84 Å². The molecule has 1 saturated heterocycles. The molecule has 0 aliphatic carbocycles. The van der Waals surface area contributed by atoms with E-state index >= 15 is 0 Å². The predicted octanol–water partition coefficient (Wildman–Crippen LogP) is 3.35. The molecule has 1 aliphatic heterocycles. The van der Waals surface area contributed by atoms with E-state index in [-0.39, 0.29) is 22.8 Å². The van der Waals surface area contributed by atoms with E-state index in [1.807, 2.05) is 13.0 Å². The molecule has 1 unspecified atom stereocenters. The average Bonchev–Trinajstić information content (AvgIpc) is 2.75. The summed E-state index contributed by atoms with van der Waals surface area (Å²) >= 11 is 12.3. The van der Waals surface area contributed by atoms with E-state index in [2.05, 4.69) is 14.9 Å². The highest BCUT2D eigenvalue weighted by Crippen LogP contribution is 2.37. The molecule has 1 aromatic heterocycles. The number of anilines is 2. The first-order valence-electron chi connectivity index (χ1n) is 7.59. The molecule has 1 atom stereocenters. The number of nitrogens with zero attached hydrogens (tertiary/aromatic N) is 3. The third kappa shape index (κ3) is 3.50. The zero-order chi connectivity index (χ0) is 17.3. The van der Waals surface area contributed by atoms with Crippen molar-refractivity contribution in [1.29, 1.82) is 0 Å². The van der Waals surface area contributed by atoms with E-state index in [4.69, 9.17) is 33.7 Å². The summed E-state index contributed by atoms with van der Waals surface area (Å²) in [5.41, 5.74) is 7.32. The Labute approximate surface area is 150 Å². The van der Waals surface area contributed by atoms with Crippen molar-refractivity contribution in [2.75, 3.05) is 30.4 Å². The lowest BCUT2D eigenvalue weighted by molar-refractivity contribution is 0.134. The van der Waals surface area contributed by atoms with Crippen molar-refractivity contribution in [2.24, 2.45) is 0 Å². The number of aromatic nitrogens is 2. The van der Waals surface area contributed by atoms with Gasteiger partial charge in [0.2, 0.25) is 5.95 Å². The Kier molecular flexibility index (Phi) is 4.99. The number of hydrogen-bond acceptors (Lipinski definition) is 6. The second-order valence-corrected chi connectivity index (χ2v) is 6.50. The number of hydrogen-bond donors (Lipinski definition) is 2. The molecule has 6 nitrogen and oxygen atoms in total. The van der Waals surface area contributed by atoms with Crippen molar-refractivity contribution in [3.05, 3.63) is 39.5 Å². The molecule has 0 amide bonds. The summed E-state index contributed by atoms with van der Waals surface area (Å²) in [5.74, 6) is 0.915. The van der Waals surface area contributed by atoms with Crippen LogP contribution in [0.2, 0.25) is 10.0 Å². The van der Waals surface area contributed by atoms with Crippen LogP contribution in [0.5, 0.6) is 5.75 Å². The lowest BCUT2D eigenvalue weighted by Crippen LogP contribution is -2.32. The summed E-state index contributed by atoms with van der Waals surface area (Å²) in [6, 6.07) is 4.78. The predicted molar refractivity (Wildman–Crippen MR) is 94.8 cm³/mol. The maximum atomic E-state index is 9.98. The molecule has 8 heteroatoms. The van der Waals surface area contributed by atoms with Gasteiger partial charge >= 0.3 is 0 Å². The Balaban J connectivity index is 2.06. The quantitative estimate of drug-likeness (QED) is 0.845. The highest BCUT2D eigenvalue weighted by Gasteiger charge is 2.27. The van der Waals surface area contributed by atoms with Crippen molar-refractivity contribution in [2.45, 2.75) is 19.4 Å². The highest BCUT2D eigenvalue weighted by molar-refractivity contribution is 6.36. The highest BCUT2D eigenvalue weighted by atomic mass is 35.5. The van der Waals surface area contributed by atoms with Crippen LogP contribution in [0.4, 0.5) is 11.8 Å². The van der Waals surface area contributed by atoms with E-state index < -0.39 is 0 Å². The number of rotatable bonds is 2. The number of halogens is 2. The average molecular weight is 369 g/mol. The lowest BCUT2D eigenvalue weighted by atomic mass is 10.0. The van der Waals surface area contributed by atoms with Gasteiger partial charge in [-0.3, -0.25) is 0 Å². The smallest absolute Gasteiger partial charge is 0.222 e. The standard InChI is InChI=1S/C16H18Cl2N4O2/c1-9-5-15(21-16(19)20-9)22-3-2-4-24-8-13(22)10-6-14(23)12(18)7-11(10)17/h5-7,13,23H,2-4,8H2,1H3,(H2,19,20,21). The Hall–Kier alpha value is -1.76. The number of phenolic OH excluding ortho intramolecular Hbond substituents is 1. The van der Waals surface area contributed by atoms with Gasteiger partial charge in [-0.15, -0.1) is 0 Å². The van der Waals surface area contributed by atoms with Crippen LogP contribution in [0.25, 0.3) is 0 Å². The first-order chi connectivity index (χ1) is 11.5. The summed E-state index contributed by atoms with van der Waals surface area (Å²) in [6.45, 7) is 3.65. The van der Waals surface area contributed by atoms with Crippen LogP contribution in [0.15, 0.2) is 18.2 Å². The van der Waals surface area contributed by atoms with E-state index in [1.54, 1.807) is 6.07 Å². The topological polar surface area (TPSA) is 84.5 Å². The third-order valence-corrected chi connectivity index (χ3v) is 4.55. The number of phenols is 1. The van der Waals surface area contributed by atoms with Gasteiger partial charge in [0, 0.05) is 29.9 Å². The molecule has 3 N–H and O–H groups in total. The SMILES string of the molecule is Cc1cc(N2CCCOCC2c2cc(O)c(Cl)cc2Cl)nc(N)n1. The van der Waals surface area contributed by atoms with Gasteiger partial charge in [0.1, 0.15) is 11.6 Å². The van der Waals surface area contributed by atoms with Crippen LogP contribution in [0.3, 0.4) is 0 Å². The minimum atomic E-state index is -0.211. The Morgan fingerprint density at radius 1 is 1.25 bits per heavy atom. The van der Waals surface area contributed by atoms with Gasteiger partial charge in [-0.1, -0.05) is 23.2 Å². The maximum absolute atomic E-state index is 9.98. The van der Waals surface area contributed by atoms with Gasteiger partial charge in [0.25, 0.3) is 0 Å². The molecule has 0 spiro atoms. The second kappa shape index (κ2) is 7.01. The first-order valence-corrected chi connectivity index (χ1v) is 8.34. The van der Waals surface area contributed by atoms with Crippen LogP contribution in [-0.2, 0) is 4.74 Å². The zero-order valence-corrected chi connectivity index (χ0v) is 14.7. The monoisotopic (exact) mass is 368 g/mol. The van der Waals surface area contributed by atoms with E-state index in [0.29, 0.717) is 24.1 Å². The fraction of sp³-hybridized carbons (Fsp3) is 0.375. The van der Waals surface area contributed by atoms with E-state index in [1.165, 1.54) is 6.07 Å². The number of aryl methyl sites for hydroxylation is 1. The van der Waals surface area contributed by atoms with Crippen LogP contribution >= 0.6 is 23.2 Å². The molecule has 0 bridgehead atoms. The molecular weight excluding hydrogens is 351 g/mol. The number of nitrogens with two attached hydrogens (primary N) is 1. The molecule has 2 heterocycles. The van der Waals surface area contributed by atoms with Crippen LogP contribution in [0, 0.1) is 6.92 Å². The number of benzene rings is 1. The number of ether oxygens (including phenoxy) is 1. The molecule has 2 aromatic rings. The van der Waals surface area contributed by atoms with Crippen LogP contribution < -0.4 is 10.6 Å². The van der Waals surface area contributed by atoms with Crippen LogP contribution in [0.1, 0.15) is 23.7 Å². The Bertz CT molecular complexity index is 737. The third-order valence-electron chi connectivity index (χ3n) is 3.92. The van der Waals surface area contributed by atoms with Gasteiger partial charge < -0.3 is 20.5 Å². The van der Waals surface area contributed by atoms with Crippen molar-refractivity contribution in [1.82, 2.24) is 9.97 Å². The Morgan fingerprint density at radius 3 is 2.79 bits per heavy atom. The lowest BCUT2D eigenvalue weighted by Gasteiger charge is -2.31. The van der Waals surface area contributed by atoms with Crippen molar-refractivity contribution in [3.8, 4) is 5.75 Å². The van der Waals surface area contributed by atoms with Crippen LogP contribution in [-0.4, -0.2) is 34.8 Å². The van der Waals surface area contributed by atoms with Crippen molar-refractivity contribution >= 4 is 35.0 Å². The summed E-state index contributed by atoms with van der Waals surface area (Å²) in [4.78, 5) is 10.5. The van der Waals surface area contributed by atoms with Gasteiger partial charge in [0.05, 0.1) is 17.7 Å².